The van der Waals surface area contributed by atoms with Crippen LogP contribution in [0.1, 0.15) is 10.4 Å². The van der Waals surface area contributed by atoms with Gasteiger partial charge in [-0.05, 0) is 35.7 Å². The fourth-order valence-electron chi connectivity index (χ4n) is 3.06. The Kier molecular flexibility index (Phi) is 6.37. The van der Waals surface area contributed by atoms with Crippen LogP contribution in [-0.2, 0) is 9.53 Å². The van der Waals surface area contributed by atoms with Gasteiger partial charge in [-0.25, -0.2) is 9.78 Å². The second kappa shape index (κ2) is 9.52. The van der Waals surface area contributed by atoms with E-state index in [-0.39, 0.29) is 17.0 Å². The van der Waals surface area contributed by atoms with Gasteiger partial charge in [0.1, 0.15) is 5.75 Å². The monoisotopic (exact) mass is 454 g/mol. The molecular weight excluding hydrogens is 438 g/mol. The summed E-state index contributed by atoms with van der Waals surface area (Å²) in [6, 6.07) is 18.3. The number of ether oxygens (including phenoxy) is 2. The highest BCUT2D eigenvalue weighted by Crippen LogP contribution is 2.28. The molecule has 32 heavy (non-hydrogen) atoms. The van der Waals surface area contributed by atoms with Gasteiger partial charge in [0.05, 0.1) is 27.3 Å². The Morgan fingerprint density at radius 2 is 1.81 bits per heavy atom. The number of nitrogens with zero attached hydrogens (tertiary/aromatic N) is 1. The summed E-state index contributed by atoms with van der Waals surface area (Å²) in [5, 5.41) is 4.91. The molecule has 2 heterocycles. The number of halogens is 2. The molecule has 1 amide bonds. The molecule has 2 aromatic carbocycles. The van der Waals surface area contributed by atoms with Crippen molar-refractivity contribution in [1.82, 2.24) is 4.98 Å². The summed E-state index contributed by atoms with van der Waals surface area (Å²) in [6.45, 7) is -3.64. The third-order valence-corrected chi connectivity index (χ3v) is 5.31. The highest BCUT2D eigenvalue weighted by atomic mass is 32.1. The molecule has 0 spiro atoms. The van der Waals surface area contributed by atoms with Gasteiger partial charge in [0.25, 0.3) is 5.91 Å². The summed E-state index contributed by atoms with van der Waals surface area (Å²) in [6.07, 6.45) is 0. The first-order chi connectivity index (χ1) is 15.5. The lowest BCUT2D eigenvalue weighted by Gasteiger charge is -2.12. The number of hydrogen-bond donors (Lipinski definition) is 1. The molecule has 0 fully saturated rings. The van der Waals surface area contributed by atoms with E-state index in [1.54, 1.807) is 30.3 Å². The van der Waals surface area contributed by atoms with Gasteiger partial charge in [0.15, 0.2) is 6.61 Å². The Labute approximate surface area is 185 Å². The number of carbonyl (C=O) groups is 2. The van der Waals surface area contributed by atoms with Crippen molar-refractivity contribution < 1.29 is 27.8 Å². The van der Waals surface area contributed by atoms with Crippen LogP contribution in [0, 0.1) is 0 Å². The molecule has 162 valence electrons. The number of carbonyl (C=O) groups excluding carboxylic acids is 2. The van der Waals surface area contributed by atoms with Crippen molar-refractivity contribution in [2.75, 3.05) is 11.9 Å². The van der Waals surface area contributed by atoms with E-state index in [0.717, 1.165) is 4.88 Å². The van der Waals surface area contributed by atoms with Gasteiger partial charge in [0.2, 0.25) is 0 Å². The normalized spacial score (nSPS) is 10.8. The molecule has 0 atom stereocenters. The predicted octanol–water partition coefficient (Wildman–Crippen LogP) is 5.36. The number of nitrogens with one attached hydrogen (secondary N) is 1. The van der Waals surface area contributed by atoms with Crippen LogP contribution in [0.5, 0.6) is 5.75 Å². The summed E-state index contributed by atoms with van der Waals surface area (Å²) in [7, 11) is 0. The number of benzene rings is 2. The van der Waals surface area contributed by atoms with E-state index >= 15 is 0 Å². The summed E-state index contributed by atoms with van der Waals surface area (Å²) in [5.41, 5.74) is 1.55. The van der Waals surface area contributed by atoms with E-state index in [1.807, 2.05) is 23.6 Å². The van der Waals surface area contributed by atoms with Crippen molar-refractivity contribution in [2.24, 2.45) is 0 Å². The van der Waals surface area contributed by atoms with Crippen LogP contribution in [0.3, 0.4) is 0 Å². The van der Waals surface area contributed by atoms with Gasteiger partial charge >= 0.3 is 12.6 Å². The molecule has 6 nitrogen and oxygen atoms in total. The van der Waals surface area contributed by atoms with Gasteiger partial charge in [0, 0.05) is 5.39 Å². The topological polar surface area (TPSA) is 77.5 Å². The molecule has 0 aliphatic rings. The highest BCUT2D eigenvalue weighted by Gasteiger charge is 2.18. The van der Waals surface area contributed by atoms with Gasteiger partial charge in [-0.1, -0.05) is 36.4 Å². The Bertz CT molecular complexity index is 1260. The van der Waals surface area contributed by atoms with Crippen LogP contribution in [-0.4, -0.2) is 30.1 Å². The third-order valence-electron chi connectivity index (χ3n) is 4.42. The van der Waals surface area contributed by atoms with Gasteiger partial charge in [-0.2, -0.15) is 8.78 Å². The molecule has 1 N–H and O–H groups in total. The highest BCUT2D eigenvalue weighted by molar-refractivity contribution is 7.13. The lowest BCUT2D eigenvalue weighted by Crippen LogP contribution is -2.21. The lowest BCUT2D eigenvalue weighted by atomic mass is 10.1. The molecule has 0 aliphatic heterocycles. The average Bonchev–Trinajstić information content (AvgIpc) is 3.33. The van der Waals surface area contributed by atoms with E-state index in [2.05, 4.69) is 15.0 Å². The second-order valence-electron chi connectivity index (χ2n) is 6.55. The Balaban J connectivity index is 1.51. The number of aromatic nitrogens is 1. The van der Waals surface area contributed by atoms with Crippen molar-refractivity contribution >= 4 is 39.8 Å². The first-order valence-corrected chi connectivity index (χ1v) is 10.3. The Morgan fingerprint density at radius 3 is 2.59 bits per heavy atom. The van der Waals surface area contributed by atoms with Crippen molar-refractivity contribution in [3.05, 3.63) is 77.7 Å². The molecule has 4 rings (SSSR count). The summed E-state index contributed by atoms with van der Waals surface area (Å²) < 4.78 is 34.6. The number of fused-ring (bicyclic) bond motifs is 1. The third kappa shape index (κ3) is 4.89. The van der Waals surface area contributed by atoms with Crippen molar-refractivity contribution in [3.8, 4) is 16.3 Å². The molecular formula is C23H16F2N2O4S. The van der Waals surface area contributed by atoms with Gasteiger partial charge in [-0.15, -0.1) is 11.3 Å². The van der Waals surface area contributed by atoms with Crippen LogP contribution in [0.2, 0.25) is 0 Å². The molecule has 4 aromatic rings. The number of hydrogen-bond acceptors (Lipinski definition) is 6. The molecule has 0 aliphatic carbocycles. The molecule has 0 saturated carbocycles. The number of rotatable bonds is 7. The fraction of sp³-hybridized carbons (Fsp3) is 0.0870. The minimum Gasteiger partial charge on any atom is -0.452 e. The zero-order valence-electron chi connectivity index (χ0n) is 16.5. The fourth-order valence-corrected chi connectivity index (χ4v) is 3.74. The maximum atomic E-state index is 12.8. The summed E-state index contributed by atoms with van der Waals surface area (Å²) in [4.78, 5) is 30.5. The van der Waals surface area contributed by atoms with Crippen molar-refractivity contribution in [2.45, 2.75) is 6.61 Å². The SMILES string of the molecule is O=C(COC(=O)c1cc(-c2cccs2)nc2ccccc12)Nc1ccccc1OC(F)F. The molecule has 2 aromatic heterocycles. The largest absolute Gasteiger partial charge is 0.452 e. The number of anilines is 1. The first kappa shape index (κ1) is 21.4. The average molecular weight is 454 g/mol. The molecule has 0 saturated heterocycles. The predicted molar refractivity (Wildman–Crippen MR) is 117 cm³/mol. The number of alkyl halides is 2. The van der Waals surface area contributed by atoms with Crippen LogP contribution < -0.4 is 10.1 Å². The minimum atomic E-state index is -3.04. The molecule has 0 radical (unpaired) electrons. The van der Waals surface area contributed by atoms with Gasteiger partial charge in [-0.3, -0.25) is 4.79 Å². The second-order valence-corrected chi connectivity index (χ2v) is 7.50. The Hall–Kier alpha value is -3.85. The van der Waals surface area contributed by atoms with Crippen molar-refractivity contribution in [3.63, 3.8) is 0 Å². The van der Waals surface area contributed by atoms with E-state index in [9.17, 15) is 18.4 Å². The van der Waals surface area contributed by atoms with E-state index in [0.29, 0.717) is 16.6 Å². The van der Waals surface area contributed by atoms with Crippen LogP contribution in [0.4, 0.5) is 14.5 Å². The first-order valence-electron chi connectivity index (χ1n) is 9.46. The van der Waals surface area contributed by atoms with E-state index < -0.39 is 25.1 Å². The quantitative estimate of drug-likeness (QED) is 0.381. The molecule has 0 bridgehead atoms. The number of pyridine rings is 1. The zero-order valence-corrected chi connectivity index (χ0v) is 17.3. The number of thiophene rings is 1. The standard InChI is InChI=1S/C23H16F2N2O4S/c24-23(25)31-19-9-4-3-8-17(19)27-21(28)13-30-22(29)15-12-18(20-10-5-11-32-20)26-16-7-2-1-6-14(15)16/h1-12,23H,13H2,(H,27,28). The number of para-hydroxylation sites is 3. The summed E-state index contributed by atoms with van der Waals surface area (Å²) >= 11 is 1.49. The number of amides is 1. The number of esters is 1. The van der Waals surface area contributed by atoms with Crippen LogP contribution in [0.15, 0.2) is 72.1 Å². The van der Waals surface area contributed by atoms with Crippen LogP contribution >= 0.6 is 11.3 Å². The minimum absolute atomic E-state index is 0.0446. The van der Waals surface area contributed by atoms with Crippen LogP contribution in [0.25, 0.3) is 21.5 Å². The van der Waals surface area contributed by atoms with Gasteiger partial charge < -0.3 is 14.8 Å². The summed E-state index contributed by atoms with van der Waals surface area (Å²) in [5.74, 6) is -1.59. The maximum absolute atomic E-state index is 12.8. The van der Waals surface area contributed by atoms with E-state index in [1.165, 1.54) is 29.5 Å². The smallest absolute Gasteiger partial charge is 0.387 e. The Morgan fingerprint density at radius 1 is 1.03 bits per heavy atom. The zero-order chi connectivity index (χ0) is 22.5. The van der Waals surface area contributed by atoms with E-state index in [4.69, 9.17) is 4.74 Å². The lowest BCUT2D eigenvalue weighted by molar-refractivity contribution is -0.119. The van der Waals surface area contributed by atoms with Crippen molar-refractivity contribution in [1.29, 1.82) is 0 Å². The molecule has 9 heteroatoms. The maximum Gasteiger partial charge on any atom is 0.387 e. The molecule has 0 unspecified atom stereocenters.